The van der Waals surface area contributed by atoms with E-state index in [1.54, 1.807) is 38.4 Å². The van der Waals surface area contributed by atoms with E-state index < -0.39 is 11.6 Å². The number of hydrogen-bond acceptors (Lipinski definition) is 3. The number of hydrogen-bond donors (Lipinski definition) is 1. The van der Waals surface area contributed by atoms with Gasteiger partial charge >= 0.3 is 0 Å². The van der Waals surface area contributed by atoms with Crippen LogP contribution in [0.1, 0.15) is 11.1 Å². The van der Waals surface area contributed by atoms with E-state index in [9.17, 15) is 8.78 Å². The highest BCUT2D eigenvalue weighted by atomic mass is 19.1. The van der Waals surface area contributed by atoms with E-state index in [0.717, 1.165) is 5.56 Å². The molecule has 2 rings (SSSR count). The second-order valence-corrected chi connectivity index (χ2v) is 4.56. The normalized spacial score (nSPS) is 10.5. The summed E-state index contributed by atoms with van der Waals surface area (Å²) in [7, 11) is 3.27. The molecule has 2 aromatic carbocycles. The fourth-order valence-electron chi connectivity index (χ4n) is 1.97. The maximum atomic E-state index is 13.9. The molecule has 0 atom stereocenters. The first kappa shape index (κ1) is 15.3. The van der Waals surface area contributed by atoms with Crippen LogP contribution in [0.15, 0.2) is 36.4 Å². The lowest BCUT2D eigenvalue weighted by Crippen LogP contribution is -2.07. The van der Waals surface area contributed by atoms with Gasteiger partial charge in [0.25, 0.3) is 0 Å². The predicted octanol–water partition coefficient (Wildman–Crippen LogP) is 3.27. The minimum Gasteiger partial charge on any atom is -0.497 e. The summed E-state index contributed by atoms with van der Waals surface area (Å²) in [5, 5.41) is 2.84. The van der Waals surface area contributed by atoms with Crippen molar-refractivity contribution in [2.24, 2.45) is 0 Å². The highest BCUT2D eigenvalue weighted by molar-refractivity contribution is 5.32. The smallest absolute Gasteiger partial charge is 0.191 e. The largest absolute Gasteiger partial charge is 0.497 e. The molecular weight excluding hydrogens is 276 g/mol. The van der Waals surface area contributed by atoms with E-state index in [1.165, 1.54) is 12.1 Å². The third-order valence-corrected chi connectivity index (χ3v) is 2.96. The molecule has 0 aliphatic rings. The third kappa shape index (κ3) is 3.92. The second-order valence-electron chi connectivity index (χ2n) is 4.56. The van der Waals surface area contributed by atoms with Crippen LogP contribution in [0.4, 0.5) is 8.78 Å². The van der Waals surface area contributed by atoms with Gasteiger partial charge in [0.15, 0.2) is 17.4 Å². The molecule has 1 N–H and O–H groups in total. The van der Waals surface area contributed by atoms with Crippen LogP contribution in [-0.4, -0.2) is 14.2 Å². The van der Waals surface area contributed by atoms with Crippen molar-refractivity contribution in [1.82, 2.24) is 5.32 Å². The van der Waals surface area contributed by atoms with Crippen LogP contribution in [0.5, 0.6) is 11.5 Å². The van der Waals surface area contributed by atoms with E-state index in [2.05, 4.69) is 5.32 Å². The summed E-state index contributed by atoms with van der Waals surface area (Å²) in [5.41, 5.74) is 1.30. The Morgan fingerprint density at radius 3 is 2.38 bits per heavy atom. The molecule has 2 aromatic rings. The van der Waals surface area contributed by atoms with Gasteiger partial charge in [-0.15, -0.1) is 0 Å². The first-order valence-corrected chi connectivity index (χ1v) is 6.52. The van der Waals surface area contributed by atoms with Crippen molar-refractivity contribution in [2.45, 2.75) is 13.2 Å². The summed E-state index contributed by atoms with van der Waals surface area (Å²) >= 11 is 0. The van der Waals surface area contributed by atoms with Gasteiger partial charge in [0, 0.05) is 6.54 Å². The molecule has 21 heavy (non-hydrogen) atoms. The quantitative estimate of drug-likeness (QED) is 0.886. The van der Waals surface area contributed by atoms with E-state index in [0.29, 0.717) is 17.9 Å². The van der Waals surface area contributed by atoms with Crippen molar-refractivity contribution in [3.63, 3.8) is 0 Å². The average Bonchev–Trinajstić information content (AvgIpc) is 2.47. The molecule has 5 heteroatoms. The lowest BCUT2D eigenvalue weighted by molar-refractivity contribution is 0.273. The molecule has 0 fully saturated rings. The van der Waals surface area contributed by atoms with Gasteiger partial charge in [-0.25, -0.2) is 8.78 Å². The molecule has 0 aromatic heterocycles. The monoisotopic (exact) mass is 293 g/mol. The molecular formula is C16H17F2NO2. The summed E-state index contributed by atoms with van der Waals surface area (Å²) in [6.07, 6.45) is 0. The van der Waals surface area contributed by atoms with Crippen molar-refractivity contribution in [3.8, 4) is 11.5 Å². The molecule has 0 saturated heterocycles. The molecule has 0 heterocycles. The first-order valence-electron chi connectivity index (χ1n) is 6.52. The van der Waals surface area contributed by atoms with Gasteiger partial charge in [-0.05, 0) is 42.4 Å². The Kier molecular flexibility index (Phi) is 5.11. The Morgan fingerprint density at radius 2 is 1.76 bits per heavy atom. The van der Waals surface area contributed by atoms with Crippen molar-refractivity contribution in [3.05, 3.63) is 59.2 Å². The van der Waals surface area contributed by atoms with Crippen LogP contribution in [0, 0.1) is 11.6 Å². The van der Waals surface area contributed by atoms with E-state index in [-0.39, 0.29) is 12.4 Å². The molecule has 0 aliphatic carbocycles. The molecule has 0 radical (unpaired) electrons. The summed E-state index contributed by atoms with van der Waals surface area (Å²) in [4.78, 5) is 0. The van der Waals surface area contributed by atoms with E-state index in [1.807, 2.05) is 0 Å². The highest BCUT2D eigenvalue weighted by Gasteiger charge is 2.12. The van der Waals surface area contributed by atoms with Crippen LogP contribution in [-0.2, 0) is 13.2 Å². The molecule has 0 bridgehead atoms. The third-order valence-electron chi connectivity index (χ3n) is 2.96. The fraction of sp³-hybridized carbons (Fsp3) is 0.250. The first-order chi connectivity index (χ1) is 10.1. The van der Waals surface area contributed by atoms with Crippen molar-refractivity contribution < 1.29 is 18.3 Å². The minimum atomic E-state index is -0.705. The van der Waals surface area contributed by atoms with Crippen LogP contribution in [0.2, 0.25) is 0 Å². The zero-order valence-corrected chi connectivity index (χ0v) is 12.0. The average molecular weight is 293 g/mol. The minimum absolute atomic E-state index is 0.0659. The van der Waals surface area contributed by atoms with Gasteiger partial charge < -0.3 is 14.8 Å². The number of rotatable bonds is 6. The van der Waals surface area contributed by atoms with Gasteiger partial charge in [0.1, 0.15) is 12.4 Å². The number of ether oxygens (including phenoxy) is 2. The Hall–Kier alpha value is -2.14. The Morgan fingerprint density at radius 1 is 1.05 bits per heavy atom. The molecule has 0 saturated carbocycles. The molecule has 0 aliphatic heterocycles. The highest BCUT2D eigenvalue weighted by Crippen LogP contribution is 2.25. The number of halogens is 2. The summed E-state index contributed by atoms with van der Waals surface area (Å²) in [6, 6.07) is 9.66. The van der Waals surface area contributed by atoms with Crippen molar-refractivity contribution in [2.75, 3.05) is 14.2 Å². The van der Waals surface area contributed by atoms with Gasteiger partial charge in [0.2, 0.25) is 0 Å². The van der Waals surface area contributed by atoms with Gasteiger partial charge in [-0.2, -0.15) is 0 Å². The summed E-state index contributed by atoms with van der Waals surface area (Å²) < 4.78 is 38.1. The van der Waals surface area contributed by atoms with Crippen molar-refractivity contribution >= 4 is 0 Å². The van der Waals surface area contributed by atoms with Crippen LogP contribution >= 0.6 is 0 Å². The van der Waals surface area contributed by atoms with Crippen LogP contribution in [0.25, 0.3) is 0 Å². The van der Waals surface area contributed by atoms with Crippen LogP contribution in [0.3, 0.4) is 0 Å². The number of benzene rings is 2. The lowest BCUT2D eigenvalue weighted by Gasteiger charge is -2.11. The van der Waals surface area contributed by atoms with Crippen molar-refractivity contribution in [1.29, 1.82) is 0 Å². The molecule has 112 valence electrons. The molecule has 0 unspecified atom stereocenters. The zero-order valence-electron chi connectivity index (χ0n) is 12.0. The van der Waals surface area contributed by atoms with E-state index in [4.69, 9.17) is 9.47 Å². The molecule has 3 nitrogen and oxygen atoms in total. The Bertz CT molecular complexity index is 594. The standard InChI is InChI=1S/C16H17F2NO2/c1-19-9-12-7-14(17)16(15(18)8-12)21-10-11-4-3-5-13(6-11)20-2/h3-8,19H,9-10H2,1-2H3. The maximum absolute atomic E-state index is 13.9. The topological polar surface area (TPSA) is 30.5 Å². The predicted molar refractivity (Wildman–Crippen MR) is 76.4 cm³/mol. The van der Waals surface area contributed by atoms with E-state index >= 15 is 0 Å². The second kappa shape index (κ2) is 7.04. The lowest BCUT2D eigenvalue weighted by atomic mass is 10.2. The number of nitrogens with one attached hydrogen (secondary N) is 1. The Balaban J connectivity index is 2.12. The summed E-state index contributed by atoms with van der Waals surface area (Å²) in [5.74, 6) is -1.11. The molecule has 0 spiro atoms. The zero-order chi connectivity index (χ0) is 15.2. The van der Waals surface area contributed by atoms with Crippen LogP contribution < -0.4 is 14.8 Å². The van der Waals surface area contributed by atoms with Gasteiger partial charge in [-0.1, -0.05) is 12.1 Å². The summed E-state index contributed by atoms with van der Waals surface area (Å²) in [6.45, 7) is 0.459. The van der Waals surface area contributed by atoms with Gasteiger partial charge in [-0.3, -0.25) is 0 Å². The molecule has 0 amide bonds. The SMILES string of the molecule is CNCc1cc(F)c(OCc2cccc(OC)c2)c(F)c1. The Labute approximate surface area is 122 Å². The fourth-order valence-corrected chi connectivity index (χ4v) is 1.97. The number of methoxy groups -OCH3 is 1. The maximum Gasteiger partial charge on any atom is 0.191 e. The van der Waals surface area contributed by atoms with Gasteiger partial charge in [0.05, 0.1) is 7.11 Å².